The van der Waals surface area contributed by atoms with Crippen LogP contribution >= 0.6 is 0 Å². The van der Waals surface area contributed by atoms with Gasteiger partial charge in [0.25, 0.3) is 0 Å². The van der Waals surface area contributed by atoms with Crippen LogP contribution in [0.3, 0.4) is 0 Å². The quantitative estimate of drug-likeness (QED) is 0.705. The Morgan fingerprint density at radius 1 is 1.35 bits per heavy atom. The zero-order chi connectivity index (χ0) is 12.9. The number of rotatable bonds is 6. The molecule has 0 aliphatic rings. The molecule has 1 aromatic carbocycles. The number of carboxylic acids is 1. The summed E-state index contributed by atoms with van der Waals surface area (Å²) in [6.45, 7) is 4.34. The SMILES string of the molecule is CCCN[C@@](C)(Cc1ccc(O)cc1)C(=O)O. The van der Waals surface area contributed by atoms with Crippen molar-refractivity contribution in [2.24, 2.45) is 0 Å². The van der Waals surface area contributed by atoms with Crippen LogP contribution in [0, 0.1) is 0 Å². The number of nitrogens with one attached hydrogen (secondary N) is 1. The average molecular weight is 237 g/mol. The number of phenols is 1. The minimum absolute atomic E-state index is 0.187. The van der Waals surface area contributed by atoms with Crippen molar-refractivity contribution in [3.8, 4) is 5.75 Å². The van der Waals surface area contributed by atoms with Crippen molar-refractivity contribution in [3.63, 3.8) is 0 Å². The van der Waals surface area contributed by atoms with Gasteiger partial charge in [-0.2, -0.15) is 0 Å². The van der Waals surface area contributed by atoms with Gasteiger partial charge in [-0.3, -0.25) is 4.79 Å². The van der Waals surface area contributed by atoms with Crippen LogP contribution in [0.4, 0.5) is 0 Å². The van der Waals surface area contributed by atoms with Crippen LogP contribution in [0.1, 0.15) is 25.8 Å². The highest BCUT2D eigenvalue weighted by atomic mass is 16.4. The summed E-state index contributed by atoms with van der Waals surface area (Å²) in [7, 11) is 0. The normalized spacial score (nSPS) is 14.2. The van der Waals surface area contributed by atoms with Gasteiger partial charge in [0.05, 0.1) is 0 Å². The number of hydrogen-bond donors (Lipinski definition) is 3. The number of phenolic OH excluding ortho intramolecular Hbond substituents is 1. The lowest BCUT2D eigenvalue weighted by Gasteiger charge is -2.26. The molecule has 17 heavy (non-hydrogen) atoms. The second kappa shape index (κ2) is 5.68. The topological polar surface area (TPSA) is 69.6 Å². The molecule has 0 fully saturated rings. The van der Waals surface area contributed by atoms with Crippen molar-refractivity contribution < 1.29 is 15.0 Å². The van der Waals surface area contributed by atoms with E-state index in [1.807, 2.05) is 6.92 Å². The molecule has 0 radical (unpaired) electrons. The first-order chi connectivity index (χ1) is 7.98. The minimum atomic E-state index is -0.965. The van der Waals surface area contributed by atoms with Crippen molar-refractivity contribution in [3.05, 3.63) is 29.8 Å². The number of benzene rings is 1. The van der Waals surface area contributed by atoms with Crippen molar-refractivity contribution in [1.29, 1.82) is 0 Å². The van der Waals surface area contributed by atoms with Gasteiger partial charge in [0.2, 0.25) is 0 Å². The summed E-state index contributed by atoms with van der Waals surface area (Å²) in [6.07, 6.45) is 1.28. The highest BCUT2D eigenvalue weighted by Gasteiger charge is 2.32. The van der Waals surface area contributed by atoms with Gasteiger partial charge in [0.1, 0.15) is 11.3 Å². The van der Waals surface area contributed by atoms with Crippen molar-refractivity contribution in [1.82, 2.24) is 5.32 Å². The van der Waals surface area contributed by atoms with Crippen molar-refractivity contribution in [2.45, 2.75) is 32.2 Å². The highest BCUT2D eigenvalue weighted by molar-refractivity contribution is 5.78. The largest absolute Gasteiger partial charge is 0.508 e. The van der Waals surface area contributed by atoms with E-state index < -0.39 is 11.5 Å². The Morgan fingerprint density at radius 3 is 2.41 bits per heavy atom. The second-order valence-electron chi connectivity index (χ2n) is 4.41. The Balaban J connectivity index is 2.79. The first-order valence-corrected chi connectivity index (χ1v) is 5.74. The smallest absolute Gasteiger partial charge is 0.323 e. The Labute approximate surface area is 101 Å². The van der Waals surface area contributed by atoms with Gasteiger partial charge in [-0.1, -0.05) is 19.1 Å². The van der Waals surface area contributed by atoms with Crippen LogP contribution < -0.4 is 5.32 Å². The van der Waals surface area contributed by atoms with E-state index in [1.54, 1.807) is 31.2 Å². The van der Waals surface area contributed by atoms with E-state index in [0.29, 0.717) is 13.0 Å². The third-order valence-corrected chi connectivity index (χ3v) is 2.73. The van der Waals surface area contributed by atoms with Crippen LogP contribution in [0.5, 0.6) is 5.75 Å². The monoisotopic (exact) mass is 237 g/mol. The fourth-order valence-corrected chi connectivity index (χ4v) is 1.64. The van der Waals surface area contributed by atoms with Gasteiger partial charge in [0.15, 0.2) is 0 Å². The lowest BCUT2D eigenvalue weighted by Crippen LogP contribution is -2.51. The summed E-state index contributed by atoms with van der Waals surface area (Å²) < 4.78 is 0. The summed E-state index contributed by atoms with van der Waals surface area (Å²) in [5.41, 5.74) is -0.0798. The Hall–Kier alpha value is -1.55. The molecule has 0 spiro atoms. The number of carboxylic acid groups (broad SMARTS) is 1. The molecule has 3 N–H and O–H groups in total. The van der Waals surface area contributed by atoms with Gasteiger partial charge in [-0.15, -0.1) is 0 Å². The fourth-order valence-electron chi connectivity index (χ4n) is 1.64. The molecule has 94 valence electrons. The predicted octanol–water partition coefficient (Wildman–Crippen LogP) is 1.78. The van der Waals surface area contributed by atoms with Crippen LogP contribution in [0.25, 0.3) is 0 Å². The highest BCUT2D eigenvalue weighted by Crippen LogP contribution is 2.16. The summed E-state index contributed by atoms with van der Waals surface area (Å²) >= 11 is 0. The number of aromatic hydroxyl groups is 1. The molecule has 0 aliphatic heterocycles. The molecule has 0 bridgehead atoms. The molecule has 0 saturated heterocycles. The van der Waals surface area contributed by atoms with Gasteiger partial charge >= 0.3 is 5.97 Å². The predicted molar refractivity (Wildman–Crippen MR) is 66.1 cm³/mol. The lowest BCUT2D eigenvalue weighted by molar-refractivity contribution is -0.144. The number of aliphatic carboxylic acids is 1. The molecular weight excluding hydrogens is 218 g/mol. The third kappa shape index (κ3) is 3.75. The van der Waals surface area contributed by atoms with E-state index in [0.717, 1.165) is 12.0 Å². The van der Waals surface area contributed by atoms with E-state index in [1.165, 1.54) is 0 Å². The standard InChI is InChI=1S/C13H19NO3/c1-3-8-14-13(2,12(16)17)9-10-4-6-11(15)7-5-10/h4-7,14-15H,3,8-9H2,1-2H3,(H,16,17)/t13-/m0/s1. The van der Waals surface area contributed by atoms with Crippen LogP contribution in [-0.4, -0.2) is 28.3 Å². The van der Waals surface area contributed by atoms with Gasteiger partial charge in [-0.25, -0.2) is 0 Å². The molecule has 1 aromatic rings. The maximum atomic E-state index is 11.3. The lowest BCUT2D eigenvalue weighted by atomic mass is 9.92. The summed E-state index contributed by atoms with van der Waals surface area (Å²) in [5, 5.41) is 21.5. The van der Waals surface area contributed by atoms with E-state index in [-0.39, 0.29) is 5.75 Å². The van der Waals surface area contributed by atoms with Gasteiger partial charge < -0.3 is 15.5 Å². The molecule has 0 aliphatic carbocycles. The molecule has 4 nitrogen and oxygen atoms in total. The molecule has 0 amide bonds. The molecular formula is C13H19NO3. The number of carbonyl (C=O) groups is 1. The average Bonchev–Trinajstić information content (AvgIpc) is 2.29. The van der Waals surface area contributed by atoms with Gasteiger partial charge in [-0.05, 0) is 37.6 Å². The van der Waals surface area contributed by atoms with E-state index in [2.05, 4.69) is 5.32 Å². The first-order valence-electron chi connectivity index (χ1n) is 5.74. The molecule has 1 rings (SSSR count). The fraction of sp³-hybridized carbons (Fsp3) is 0.462. The molecule has 0 heterocycles. The van der Waals surface area contributed by atoms with Crippen LogP contribution in [0.15, 0.2) is 24.3 Å². The Bertz CT molecular complexity index is 375. The first kappa shape index (κ1) is 13.5. The van der Waals surface area contributed by atoms with E-state index in [4.69, 9.17) is 0 Å². The van der Waals surface area contributed by atoms with Crippen LogP contribution in [-0.2, 0) is 11.2 Å². The van der Waals surface area contributed by atoms with E-state index in [9.17, 15) is 15.0 Å². The summed E-state index contributed by atoms with van der Waals surface area (Å²) in [6, 6.07) is 6.61. The minimum Gasteiger partial charge on any atom is -0.508 e. The Morgan fingerprint density at radius 2 is 1.94 bits per heavy atom. The number of hydrogen-bond acceptors (Lipinski definition) is 3. The van der Waals surface area contributed by atoms with Crippen molar-refractivity contribution >= 4 is 5.97 Å². The Kier molecular flexibility index (Phi) is 4.52. The third-order valence-electron chi connectivity index (χ3n) is 2.73. The molecule has 4 heteroatoms. The summed E-state index contributed by atoms with van der Waals surface area (Å²) in [5.74, 6) is -0.675. The maximum absolute atomic E-state index is 11.3. The molecule has 0 aromatic heterocycles. The van der Waals surface area contributed by atoms with Gasteiger partial charge in [0, 0.05) is 6.42 Å². The zero-order valence-corrected chi connectivity index (χ0v) is 10.2. The summed E-state index contributed by atoms with van der Waals surface area (Å²) in [4.78, 5) is 11.3. The second-order valence-corrected chi connectivity index (χ2v) is 4.41. The zero-order valence-electron chi connectivity index (χ0n) is 10.2. The maximum Gasteiger partial charge on any atom is 0.323 e. The van der Waals surface area contributed by atoms with Crippen molar-refractivity contribution in [2.75, 3.05) is 6.54 Å². The van der Waals surface area contributed by atoms with Crippen LogP contribution in [0.2, 0.25) is 0 Å². The molecule has 0 unspecified atom stereocenters. The van der Waals surface area contributed by atoms with E-state index >= 15 is 0 Å². The molecule has 1 atom stereocenters. The molecule has 0 saturated carbocycles.